The van der Waals surface area contributed by atoms with Gasteiger partial charge in [0.1, 0.15) is 11.5 Å². The minimum atomic E-state index is 0.195. The fourth-order valence-electron chi connectivity index (χ4n) is 2.45. The normalized spacial score (nSPS) is 10.7. The Morgan fingerprint density at radius 3 is 2.42 bits per heavy atom. The zero-order chi connectivity index (χ0) is 17.2. The summed E-state index contributed by atoms with van der Waals surface area (Å²) in [6.45, 7) is 7.79. The fraction of sp³-hybridized carbons (Fsp3) is 0.429. The number of unbranched alkanes of at least 4 members (excludes halogenated alkanes) is 2. The summed E-state index contributed by atoms with van der Waals surface area (Å²) in [5, 5.41) is 3.45. The van der Waals surface area contributed by atoms with Crippen LogP contribution in [0.15, 0.2) is 48.5 Å². The van der Waals surface area contributed by atoms with Crippen LogP contribution in [0.5, 0.6) is 11.5 Å². The number of anilines is 1. The first-order chi connectivity index (χ1) is 11.7. The van der Waals surface area contributed by atoms with Crippen LogP contribution in [0.25, 0.3) is 0 Å². The van der Waals surface area contributed by atoms with E-state index in [4.69, 9.17) is 9.47 Å². The number of hydrogen-bond acceptors (Lipinski definition) is 3. The summed E-state index contributed by atoms with van der Waals surface area (Å²) in [6, 6.07) is 16.3. The van der Waals surface area contributed by atoms with Gasteiger partial charge in [-0.15, -0.1) is 0 Å². The minimum Gasteiger partial charge on any atom is -0.493 e. The van der Waals surface area contributed by atoms with Crippen LogP contribution in [0.3, 0.4) is 0 Å². The van der Waals surface area contributed by atoms with Crippen molar-refractivity contribution in [3.63, 3.8) is 0 Å². The Balaban J connectivity index is 1.89. The Labute approximate surface area is 146 Å². The maximum atomic E-state index is 5.93. The molecule has 0 amide bonds. The van der Waals surface area contributed by atoms with Crippen LogP contribution in [-0.2, 0) is 6.54 Å². The van der Waals surface area contributed by atoms with Gasteiger partial charge >= 0.3 is 0 Å². The molecule has 0 atom stereocenters. The van der Waals surface area contributed by atoms with Crippen LogP contribution in [-0.4, -0.2) is 12.7 Å². The average Bonchev–Trinajstić information content (AvgIpc) is 2.58. The third-order valence-corrected chi connectivity index (χ3v) is 3.69. The Hall–Kier alpha value is -2.16. The quantitative estimate of drug-likeness (QED) is 0.572. The van der Waals surface area contributed by atoms with E-state index in [9.17, 15) is 0 Å². The van der Waals surface area contributed by atoms with Crippen molar-refractivity contribution in [2.75, 3.05) is 11.9 Å². The number of ether oxygens (including phenoxy) is 2. The molecule has 0 aliphatic rings. The molecule has 3 heteroatoms. The number of hydrogen-bond donors (Lipinski definition) is 1. The molecule has 0 saturated carbocycles. The molecule has 130 valence electrons. The minimum absolute atomic E-state index is 0.195. The second-order valence-electron chi connectivity index (χ2n) is 6.21. The lowest BCUT2D eigenvalue weighted by Crippen LogP contribution is -2.06. The molecule has 0 saturated heterocycles. The summed E-state index contributed by atoms with van der Waals surface area (Å²) in [5.74, 6) is 1.87. The smallest absolute Gasteiger partial charge is 0.124 e. The van der Waals surface area contributed by atoms with E-state index < -0.39 is 0 Å². The van der Waals surface area contributed by atoms with Crippen molar-refractivity contribution in [3.8, 4) is 11.5 Å². The molecule has 24 heavy (non-hydrogen) atoms. The highest BCUT2D eigenvalue weighted by Gasteiger charge is 2.03. The zero-order valence-electron chi connectivity index (χ0n) is 15.0. The van der Waals surface area contributed by atoms with Gasteiger partial charge in [-0.3, -0.25) is 0 Å². The summed E-state index contributed by atoms with van der Waals surface area (Å²) >= 11 is 0. The van der Waals surface area contributed by atoms with Gasteiger partial charge in [0.2, 0.25) is 0 Å². The zero-order valence-corrected chi connectivity index (χ0v) is 15.0. The molecule has 0 aliphatic carbocycles. The van der Waals surface area contributed by atoms with E-state index in [-0.39, 0.29) is 6.10 Å². The second-order valence-corrected chi connectivity index (χ2v) is 6.21. The highest BCUT2D eigenvalue weighted by molar-refractivity contribution is 5.48. The number of para-hydroxylation sites is 1. The lowest BCUT2D eigenvalue weighted by Gasteiger charge is -2.14. The number of benzene rings is 2. The summed E-state index contributed by atoms with van der Waals surface area (Å²) in [4.78, 5) is 0. The van der Waals surface area contributed by atoms with Gasteiger partial charge in [-0.2, -0.15) is 0 Å². The molecule has 0 fully saturated rings. The first-order valence-corrected chi connectivity index (χ1v) is 8.90. The standard InChI is InChI=1S/C21H29NO2/c1-4-5-8-15-23-21-10-7-6-9-18(21)16-22-19-11-13-20(14-12-19)24-17(2)3/h6-7,9-14,17,22H,4-5,8,15-16H2,1-3H3. The van der Waals surface area contributed by atoms with Crippen molar-refractivity contribution in [2.45, 2.75) is 52.7 Å². The molecule has 2 aromatic carbocycles. The lowest BCUT2D eigenvalue weighted by atomic mass is 10.2. The summed E-state index contributed by atoms with van der Waals surface area (Å²) in [7, 11) is 0. The third kappa shape index (κ3) is 6.15. The van der Waals surface area contributed by atoms with Gasteiger partial charge in [-0.1, -0.05) is 38.0 Å². The van der Waals surface area contributed by atoms with E-state index in [2.05, 4.69) is 24.4 Å². The van der Waals surface area contributed by atoms with Crippen molar-refractivity contribution in [3.05, 3.63) is 54.1 Å². The summed E-state index contributed by atoms with van der Waals surface area (Å²) in [5.41, 5.74) is 2.25. The highest BCUT2D eigenvalue weighted by atomic mass is 16.5. The molecule has 1 N–H and O–H groups in total. The molecule has 0 aliphatic heterocycles. The van der Waals surface area contributed by atoms with Gasteiger partial charge in [0.05, 0.1) is 12.7 Å². The molecule has 0 bridgehead atoms. The van der Waals surface area contributed by atoms with Crippen molar-refractivity contribution in [1.29, 1.82) is 0 Å². The van der Waals surface area contributed by atoms with Gasteiger partial charge in [-0.25, -0.2) is 0 Å². The van der Waals surface area contributed by atoms with Gasteiger partial charge in [-0.05, 0) is 50.6 Å². The van der Waals surface area contributed by atoms with Gasteiger partial charge in [0, 0.05) is 17.8 Å². The van der Waals surface area contributed by atoms with Crippen molar-refractivity contribution < 1.29 is 9.47 Å². The Morgan fingerprint density at radius 1 is 0.958 bits per heavy atom. The van der Waals surface area contributed by atoms with E-state index >= 15 is 0 Å². The topological polar surface area (TPSA) is 30.5 Å². The SMILES string of the molecule is CCCCCOc1ccccc1CNc1ccc(OC(C)C)cc1. The van der Waals surface area contributed by atoms with Crippen LogP contribution in [0.2, 0.25) is 0 Å². The number of rotatable bonds is 10. The molecule has 3 nitrogen and oxygen atoms in total. The molecular formula is C21H29NO2. The highest BCUT2D eigenvalue weighted by Crippen LogP contribution is 2.21. The van der Waals surface area contributed by atoms with Crippen LogP contribution in [0.4, 0.5) is 5.69 Å². The maximum Gasteiger partial charge on any atom is 0.124 e. The largest absolute Gasteiger partial charge is 0.493 e. The number of nitrogens with one attached hydrogen (secondary N) is 1. The maximum absolute atomic E-state index is 5.93. The van der Waals surface area contributed by atoms with Gasteiger partial charge < -0.3 is 14.8 Å². The van der Waals surface area contributed by atoms with E-state index in [0.29, 0.717) is 0 Å². The molecule has 2 rings (SSSR count). The van der Waals surface area contributed by atoms with E-state index in [0.717, 1.165) is 36.8 Å². The van der Waals surface area contributed by atoms with Crippen molar-refractivity contribution in [1.82, 2.24) is 0 Å². The fourth-order valence-corrected chi connectivity index (χ4v) is 2.45. The lowest BCUT2D eigenvalue weighted by molar-refractivity contribution is 0.242. The molecule has 0 aromatic heterocycles. The predicted octanol–water partition coefficient (Wildman–Crippen LogP) is 5.65. The Kier molecular flexibility index (Phi) is 7.47. The first-order valence-electron chi connectivity index (χ1n) is 8.90. The third-order valence-electron chi connectivity index (χ3n) is 3.69. The molecule has 0 spiro atoms. The van der Waals surface area contributed by atoms with E-state index in [1.54, 1.807) is 0 Å². The van der Waals surface area contributed by atoms with Crippen LogP contribution < -0.4 is 14.8 Å². The second kappa shape index (κ2) is 9.86. The molecule has 0 heterocycles. The molecule has 2 aromatic rings. The summed E-state index contributed by atoms with van der Waals surface area (Å²) in [6.07, 6.45) is 3.73. The van der Waals surface area contributed by atoms with Crippen molar-refractivity contribution >= 4 is 5.69 Å². The molecule has 0 radical (unpaired) electrons. The Bertz CT molecular complexity index is 593. The first kappa shape index (κ1) is 18.2. The predicted molar refractivity (Wildman–Crippen MR) is 101 cm³/mol. The van der Waals surface area contributed by atoms with Gasteiger partial charge in [0.25, 0.3) is 0 Å². The van der Waals surface area contributed by atoms with E-state index in [1.807, 2.05) is 50.2 Å². The molecular weight excluding hydrogens is 298 g/mol. The monoisotopic (exact) mass is 327 g/mol. The average molecular weight is 327 g/mol. The van der Waals surface area contributed by atoms with Crippen LogP contribution in [0, 0.1) is 0 Å². The van der Waals surface area contributed by atoms with Crippen LogP contribution >= 0.6 is 0 Å². The molecule has 0 unspecified atom stereocenters. The summed E-state index contributed by atoms with van der Waals surface area (Å²) < 4.78 is 11.6. The van der Waals surface area contributed by atoms with Crippen LogP contribution in [0.1, 0.15) is 45.6 Å². The Morgan fingerprint density at radius 2 is 1.71 bits per heavy atom. The van der Waals surface area contributed by atoms with E-state index in [1.165, 1.54) is 18.4 Å². The van der Waals surface area contributed by atoms with Gasteiger partial charge in [0.15, 0.2) is 0 Å². The van der Waals surface area contributed by atoms with Crippen molar-refractivity contribution in [2.24, 2.45) is 0 Å².